The van der Waals surface area contributed by atoms with E-state index in [0.29, 0.717) is 24.6 Å². The van der Waals surface area contributed by atoms with Gasteiger partial charge in [-0.2, -0.15) is 0 Å². The molecule has 0 heterocycles. The molecular formula is C20H23N3O7. The van der Waals surface area contributed by atoms with Gasteiger partial charge in [0.1, 0.15) is 11.4 Å². The number of hydrogen-bond donors (Lipinski definition) is 2. The second-order valence-electron chi connectivity index (χ2n) is 6.15. The number of carbonyl (C=O) groups is 2. The highest BCUT2D eigenvalue weighted by Gasteiger charge is 2.23. The third kappa shape index (κ3) is 5.92. The molecule has 0 spiro atoms. The normalized spacial score (nSPS) is 11.3. The van der Waals surface area contributed by atoms with Gasteiger partial charge in [-0.05, 0) is 31.2 Å². The van der Waals surface area contributed by atoms with Crippen LogP contribution in [-0.2, 0) is 14.3 Å². The van der Waals surface area contributed by atoms with Crippen molar-refractivity contribution in [3.63, 3.8) is 0 Å². The van der Waals surface area contributed by atoms with Crippen molar-refractivity contribution < 1.29 is 28.7 Å². The summed E-state index contributed by atoms with van der Waals surface area (Å²) in [5, 5.41) is 16.8. The van der Waals surface area contributed by atoms with Crippen LogP contribution in [0.3, 0.4) is 0 Å². The number of nitrogens with zero attached hydrogens (tertiary/aromatic N) is 1. The van der Waals surface area contributed by atoms with Crippen LogP contribution >= 0.6 is 0 Å². The van der Waals surface area contributed by atoms with Crippen LogP contribution in [0.2, 0.25) is 0 Å². The predicted molar refractivity (Wildman–Crippen MR) is 110 cm³/mol. The number of anilines is 2. The Morgan fingerprint density at radius 2 is 1.87 bits per heavy atom. The number of esters is 1. The van der Waals surface area contributed by atoms with Crippen LogP contribution in [0, 0.1) is 10.1 Å². The number of nitro benzene ring substituents is 1. The maximum Gasteiger partial charge on any atom is 0.339 e. The summed E-state index contributed by atoms with van der Waals surface area (Å²) in [6, 6.07) is 10.7. The largest absolute Gasteiger partial charge is 0.495 e. The molecule has 10 nitrogen and oxygen atoms in total. The summed E-state index contributed by atoms with van der Waals surface area (Å²) in [5.74, 6) is -0.971. The van der Waals surface area contributed by atoms with Crippen molar-refractivity contribution in [2.24, 2.45) is 0 Å². The van der Waals surface area contributed by atoms with Gasteiger partial charge >= 0.3 is 5.97 Å². The maximum absolute atomic E-state index is 12.4. The van der Waals surface area contributed by atoms with E-state index in [1.54, 1.807) is 24.3 Å². The summed E-state index contributed by atoms with van der Waals surface area (Å²) in [4.78, 5) is 35.5. The van der Waals surface area contributed by atoms with Crippen LogP contribution in [0.15, 0.2) is 42.5 Å². The standard InChI is InChI=1S/C20H23N3O7/c1-13(19(24)22-16-6-4-5-7-18(16)29-3)30-20(25)14-8-9-15(21-10-11-28-2)17(12-14)23(26)27/h4-9,12-13,21H,10-11H2,1-3H3,(H,22,24)/t13-/m1/s1. The van der Waals surface area contributed by atoms with E-state index in [-0.39, 0.29) is 16.9 Å². The Balaban J connectivity index is 2.07. The van der Waals surface area contributed by atoms with E-state index in [2.05, 4.69) is 10.6 Å². The molecule has 2 aromatic rings. The molecule has 0 aliphatic heterocycles. The molecule has 0 aromatic heterocycles. The number of nitrogens with one attached hydrogen (secondary N) is 2. The minimum absolute atomic E-state index is 0.0454. The lowest BCUT2D eigenvalue weighted by Gasteiger charge is -2.15. The molecule has 2 aromatic carbocycles. The van der Waals surface area contributed by atoms with Crippen LogP contribution in [0.25, 0.3) is 0 Å². The average molecular weight is 417 g/mol. The highest BCUT2D eigenvalue weighted by molar-refractivity contribution is 5.98. The number of ether oxygens (including phenoxy) is 3. The Bertz CT molecular complexity index is 917. The highest BCUT2D eigenvalue weighted by Crippen LogP contribution is 2.26. The molecule has 1 amide bonds. The number of rotatable bonds is 10. The smallest absolute Gasteiger partial charge is 0.339 e. The molecule has 1 atom stereocenters. The van der Waals surface area contributed by atoms with Gasteiger partial charge in [0.25, 0.3) is 11.6 Å². The Kier molecular flexibility index (Phi) is 8.12. The number of methoxy groups -OCH3 is 2. The molecule has 0 saturated heterocycles. The maximum atomic E-state index is 12.4. The first-order valence-electron chi connectivity index (χ1n) is 9.03. The van der Waals surface area contributed by atoms with Gasteiger partial charge in [0.15, 0.2) is 6.10 Å². The van der Waals surface area contributed by atoms with Crippen molar-refractivity contribution in [2.45, 2.75) is 13.0 Å². The van der Waals surface area contributed by atoms with Crippen molar-refractivity contribution in [3.8, 4) is 5.75 Å². The van der Waals surface area contributed by atoms with Crippen molar-refractivity contribution in [3.05, 3.63) is 58.1 Å². The summed E-state index contributed by atoms with van der Waals surface area (Å²) >= 11 is 0. The third-order valence-corrected chi connectivity index (χ3v) is 4.07. The Labute approximate surface area is 173 Å². The summed E-state index contributed by atoms with van der Waals surface area (Å²) in [6.45, 7) is 2.12. The van der Waals surface area contributed by atoms with Crippen LogP contribution in [0.4, 0.5) is 17.1 Å². The molecular weight excluding hydrogens is 394 g/mol. The van der Waals surface area contributed by atoms with E-state index in [1.807, 2.05) is 0 Å². The number of carbonyl (C=O) groups excluding carboxylic acids is 2. The van der Waals surface area contributed by atoms with E-state index >= 15 is 0 Å². The van der Waals surface area contributed by atoms with E-state index in [0.717, 1.165) is 6.07 Å². The SMILES string of the molecule is COCCNc1ccc(C(=O)O[C@H](C)C(=O)Nc2ccccc2OC)cc1[N+](=O)[O-]. The Morgan fingerprint density at radius 1 is 1.13 bits per heavy atom. The zero-order valence-corrected chi connectivity index (χ0v) is 16.8. The quantitative estimate of drug-likeness (QED) is 0.261. The lowest BCUT2D eigenvalue weighted by atomic mass is 10.1. The van der Waals surface area contributed by atoms with E-state index in [1.165, 1.54) is 33.3 Å². The molecule has 0 fully saturated rings. The molecule has 160 valence electrons. The first kappa shape index (κ1) is 22.6. The minimum atomic E-state index is -1.14. The molecule has 2 N–H and O–H groups in total. The van der Waals surface area contributed by atoms with E-state index in [9.17, 15) is 19.7 Å². The minimum Gasteiger partial charge on any atom is -0.495 e. The van der Waals surface area contributed by atoms with Crippen molar-refractivity contribution in [1.82, 2.24) is 0 Å². The number of amides is 1. The van der Waals surface area contributed by atoms with Crippen molar-refractivity contribution in [1.29, 1.82) is 0 Å². The zero-order chi connectivity index (χ0) is 22.1. The second-order valence-corrected chi connectivity index (χ2v) is 6.15. The first-order chi connectivity index (χ1) is 14.4. The lowest BCUT2D eigenvalue weighted by Crippen LogP contribution is -2.30. The van der Waals surface area contributed by atoms with Gasteiger partial charge in [0.05, 0.1) is 29.9 Å². The molecule has 0 aliphatic rings. The van der Waals surface area contributed by atoms with E-state index < -0.39 is 22.9 Å². The van der Waals surface area contributed by atoms with E-state index in [4.69, 9.17) is 14.2 Å². The van der Waals surface area contributed by atoms with Crippen LogP contribution in [0.1, 0.15) is 17.3 Å². The topological polar surface area (TPSA) is 129 Å². The fourth-order valence-corrected chi connectivity index (χ4v) is 2.51. The molecule has 0 bridgehead atoms. The van der Waals surface area contributed by atoms with Crippen molar-refractivity contribution in [2.75, 3.05) is 38.0 Å². The van der Waals surface area contributed by atoms with Gasteiger partial charge in [-0.15, -0.1) is 0 Å². The Morgan fingerprint density at radius 3 is 2.53 bits per heavy atom. The molecule has 0 saturated carbocycles. The molecule has 10 heteroatoms. The first-order valence-corrected chi connectivity index (χ1v) is 9.03. The number of nitro groups is 1. The Hall–Kier alpha value is -3.66. The molecule has 2 rings (SSSR count). The highest BCUT2D eigenvalue weighted by atomic mass is 16.6. The van der Waals surface area contributed by atoms with Gasteiger partial charge in [-0.3, -0.25) is 14.9 Å². The summed E-state index contributed by atoms with van der Waals surface area (Å²) in [5.41, 5.74) is 0.341. The van der Waals surface area contributed by atoms with Gasteiger partial charge in [-0.1, -0.05) is 12.1 Å². The molecule has 0 radical (unpaired) electrons. The second kappa shape index (κ2) is 10.8. The van der Waals surface area contributed by atoms with Crippen LogP contribution in [0.5, 0.6) is 5.75 Å². The molecule has 30 heavy (non-hydrogen) atoms. The molecule has 0 aliphatic carbocycles. The summed E-state index contributed by atoms with van der Waals surface area (Å²) in [6.07, 6.45) is -1.14. The van der Waals surface area contributed by atoms with Crippen LogP contribution in [-0.4, -0.2) is 50.3 Å². The van der Waals surface area contributed by atoms with Crippen molar-refractivity contribution >= 4 is 28.9 Å². The van der Waals surface area contributed by atoms with Gasteiger partial charge in [0, 0.05) is 19.7 Å². The monoisotopic (exact) mass is 417 g/mol. The zero-order valence-electron chi connectivity index (χ0n) is 16.8. The number of para-hydroxylation sites is 2. The summed E-state index contributed by atoms with van der Waals surface area (Å²) < 4.78 is 15.2. The van der Waals surface area contributed by atoms with Gasteiger partial charge in [-0.25, -0.2) is 4.79 Å². The lowest BCUT2D eigenvalue weighted by molar-refractivity contribution is -0.384. The predicted octanol–water partition coefficient (Wildman–Crippen LogP) is 2.85. The summed E-state index contributed by atoms with van der Waals surface area (Å²) in [7, 11) is 2.98. The fraction of sp³-hybridized carbons (Fsp3) is 0.300. The van der Waals surface area contributed by atoms with Gasteiger partial charge in [0.2, 0.25) is 0 Å². The average Bonchev–Trinajstić information content (AvgIpc) is 2.74. The molecule has 0 unspecified atom stereocenters. The fourth-order valence-electron chi connectivity index (χ4n) is 2.51. The van der Waals surface area contributed by atoms with Crippen LogP contribution < -0.4 is 15.4 Å². The number of hydrogen-bond acceptors (Lipinski definition) is 8. The number of benzene rings is 2. The van der Waals surface area contributed by atoms with Gasteiger partial charge < -0.3 is 24.8 Å². The third-order valence-electron chi connectivity index (χ3n) is 4.07.